The van der Waals surface area contributed by atoms with Crippen LogP contribution in [0.3, 0.4) is 0 Å². The van der Waals surface area contributed by atoms with Crippen molar-refractivity contribution in [3.63, 3.8) is 0 Å². The van der Waals surface area contributed by atoms with E-state index in [-0.39, 0.29) is 24.4 Å². The van der Waals surface area contributed by atoms with Gasteiger partial charge in [0.1, 0.15) is 12.4 Å². The van der Waals surface area contributed by atoms with Crippen molar-refractivity contribution in [1.82, 2.24) is 20.2 Å². The first-order chi connectivity index (χ1) is 12.0. The number of aromatic nitrogens is 2. The molecule has 0 aliphatic carbocycles. The Bertz CT molecular complexity index is 729. The summed E-state index contributed by atoms with van der Waals surface area (Å²) in [5.74, 6) is 1.49. The van der Waals surface area contributed by atoms with Crippen molar-refractivity contribution in [3.8, 4) is 0 Å². The number of fused-ring (bicyclic) bond motifs is 1. The minimum Gasteiger partial charge on any atom is -0.354 e. The molecule has 1 atom stereocenters. The van der Waals surface area contributed by atoms with Gasteiger partial charge < -0.3 is 15.2 Å². The Kier molecular flexibility index (Phi) is 7.31. The van der Waals surface area contributed by atoms with Gasteiger partial charge in [-0.25, -0.2) is 4.98 Å². The van der Waals surface area contributed by atoms with Crippen LogP contribution in [0, 0.1) is 0 Å². The smallest absolute Gasteiger partial charge is 0.240 e. The molecule has 136 valence electrons. The van der Waals surface area contributed by atoms with Crippen LogP contribution < -0.4 is 10.6 Å². The summed E-state index contributed by atoms with van der Waals surface area (Å²) in [7, 11) is 0. The van der Waals surface area contributed by atoms with E-state index in [2.05, 4.69) is 15.6 Å². The zero-order valence-electron chi connectivity index (χ0n) is 15.0. The monoisotopic (exact) mass is 362 g/mol. The molecular formula is C18H26N4O2S. The highest BCUT2D eigenvalue weighted by molar-refractivity contribution is 7.97. The van der Waals surface area contributed by atoms with Gasteiger partial charge in [-0.05, 0) is 31.7 Å². The normalized spacial score (nSPS) is 12.1. The topological polar surface area (TPSA) is 76.0 Å². The number of para-hydroxylation sites is 2. The molecule has 0 aliphatic heterocycles. The van der Waals surface area contributed by atoms with Gasteiger partial charge in [-0.3, -0.25) is 9.59 Å². The van der Waals surface area contributed by atoms with Crippen molar-refractivity contribution in [2.45, 2.75) is 45.0 Å². The number of benzene rings is 1. The SMILES string of the molecule is CCC(C)NC(=O)CCNC(=O)Cn1c(CSC)nc2ccccc21. The van der Waals surface area contributed by atoms with Crippen molar-refractivity contribution in [2.24, 2.45) is 0 Å². The average molecular weight is 362 g/mol. The lowest BCUT2D eigenvalue weighted by Crippen LogP contribution is -2.36. The Balaban J connectivity index is 1.93. The Morgan fingerprint density at radius 1 is 1.28 bits per heavy atom. The van der Waals surface area contributed by atoms with Crippen LogP contribution in [0.1, 0.15) is 32.5 Å². The van der Waals surface area contributed by atoms with Crippen LogP contribution in [0.15, 0.2) is 24.3 Å². The Morgan fingerprint density at radius 3 is 2.76 bits per heavy atom. The lowest BCUT2D eigenvalue weighted by molar-refractivity contribution is -0.122. The summed E-state index contributed by atoms with van der Waals surface area (Å²) >= 11 is 1.67. The molecule has 1 unspecified atom stereocenters. The van der Waals surface area contributed by atoms with E-state index < -0.39 is 0 Å². The number of hydrogen-bond donors (Lipinski definition) is 2. The quantitative estimate of drug-likeness (QED) is 0.718. The Labute approximate surface area is 152 Å². The molecule has 1 aromatic heterocycles. The second-order valence-corrected chi connectivity index (χ2v) is 6.88. The van der Waals surface area contributed by atoms with E-state index in [1.807, 2.05) is 48.9 Å². The van der Waals surface area contributed by atoms with Crippen molar-refractivity contribution < 1.29 is 9.59 Å². The van der Waals surface area contributed by atoms with E-state index >= 15 is 0 Å². The molecule has 0 fully saturated rings. The molecule has 25 heavy (non-hydrogen) atoms. The zero-order chi connectivity index (χ0) is 18.2. The fourth-order valence-electron chi connectivity index (χ4n) is 2.51. The van der Waals surface area contributed by atoms with Crippen LogP contribution in [-0.2, 0) is 21.9 Å². The summed E-state index contributed by atoms with van der Waals surface area (Å²) in [6.45, 7) is 4.54. The maximum absolute atomic E-state index is 12.3. The van der Waals surface area contributed by atoms with Crippen LogP contribution in [0.5, 0.6) is 0 Å². The lowest BCUT2D eigenvalue weighted by atomic mass is 10.2. The summed E-state index contributed by atoms with van der Waals surface area (Å²) in [6, 6.07) is 7.97. The number of carbonyl (C=O) groups is 2. The third-order valence-corrected chi connectivity index (χ3v) is 4.55. The maximum atomic E-state index is 12.3. The lowest BCUT2D eigenvalue weighted by Gasteiger charge is -2.12. The summed E-state index contributed by atoms with van der Waals surface area (Å²) < 4.78 is 1.94. The first-order valence-corrected chi connectivity index (χ1v) is 9.93. The van der Waals surface area contributed by atoms with Crippen LogP contribution in [0.4, 0.5) is 0 Å². The van der Waals surface area contributed by atoms with E-state index in [1.54, 1.807) is 11.8 Å². The van der Waals surface area contributed by atoms with Gasteiger partial charge in [0.05, 0.1) is 16.8 Å². The van der Waals surface area contributed by atoms with Crippen LogP contribution in [0.2, 0.25) is 0 Å². The number of rotatable bonds is 9. The summed E-state index contributed by atoms with van der Waals surface area (Å²) in [5, 5.41) is 5.71. The van der Waals surface area contributed by atoms with Gasteiger partial charge in [-0.2, -0.15) is 11.8 Å². The van der Waals surface area contributed by atoms with Crippen molar-refractivity contribution in [3.05, 3.63) is 30.1 Å². The fourth-order valence-corrected chi connectivity index (χ4v) is 2.98. The predicted octanol–water partition coefficient (Wildman–Crippen LogP) is 2.32. The zero-order valence-corrected chi connectivity index (χ0v) is 15.9. The molecule has 0 bridgehead atoms. The molecule has 1 aromatic carbocycles. The summed E-state index contributed by atoms with van der Waals surface area (Å²) in [6.07, 6.45) is 3.20. The minimum atomic E-state index is -0.109. The number of nitrogens with one attached hydrogen (secondary N) is 2. The predicted molar refractivity (Wildman–Crippen MR) is 102 cm³/mol. The molecule has 0 radical (unpaired) electrons. The Morgan fingerprint density at radius 2 is 2.04 bits per heavy atom. The van der Waals surface area contributed by atoms with Gasteiger partial charge in [-0.15, -0.1) is 0 Å². The molecule has 2 amide bonds. The molecule has 2 aromatic rings. The van der Waals surface area contributed by atoms with Gasteiger partial charge >= 0.3 is 0 Å². The molecule has 2 rings (SSSR count). The van der Waals surface area contributed by atoms with Crippen LogP contribution in [0.25, 0.3) is 11.0 Å². The van der Waals surface area contributed by atoms with Crippen LogP contribution >= 0.6 is 11.8 Å². The van der Waals surface area contributed by atoms with E-state index in [0.717, 1.165) is 29.0 Å². The van der Waals surface area contributed by atoms with Gasteiger partial charge in [-0.1, -0.05) is 19.1 Å². The first kappa shape index (κ1) is 19.3. The molecule has 0 saturated heterocycles. The molecule has 7 heteroatoms. The van der Waals surface area contributed by atoms with E-state index in [1.165, 1.54) is 0 Å². The highest BCUT2D eigenvalue weighted by atomic mass is 32.2. The molecule has 0 saturated carbocycles. The number of imidazole rings is 1. The second-order valence-electron chi connectivity index (χ2n) is 6.01. The number of thioether (sulfide) groups is 1. The van der Waals surface area contributed by atoms with Crippen LogP contribution in [-0.4, -0.2) is 40.2 Å². The maximum Gasteiger partial charge on any atom is 0.240 e. The molecule has 0 spiro atoms. The Hall–Kier alpha value is -2.02. The van der Waals surface area contributed by atoms with E-state index in [0.29, 0.717) is 13.0 Å². The number of carbonyl (C=O) groups excluding carboxylic acids is 2. The third-order valence-electron chi connectivity index (χ3n) is 4.00. The highest BCUT2D eigenvalue weighted by Crippen LogP contribution is 2.18. The fraction of sp³-hybridized carbons (Fsp3) is 0.500. The minimum absolute atomic E-state index is 0.0363. The summed E-state index contributed by atoms with van der Waals surface area (Å²) in [5.41, 5.74) is 1.85. The molecule has 0 aliphatic rings. The van der Waals surface area contributed by atoms with Crippen molar-refractivity contribution in [1.29, 1.82) is 0 Å². The number of nitrogens with zero attached hydrogens (tertiary/aromatic N) is 2. The highest BCUT2D eigenvalue weighted by Gasteiger charge is 2.13. The van der Waals surface area contributed by atoms with Gasteiger partial charge in [0, 0.05) is 19.0 Å². The number of amides is 2. The molecule has 6 nitrogen and oxygen atoms in total. The number of hydrogen-bond acceptors (Lipinski definition) is 4. The largest absolute Gasteiger partial charge is 0.354 e. The van der Waals surface area contributed by atoms with E-state index in [4.69, 9.17) is 0 Å². The second kappa shape index (κ2) is 9.46. The van der Waals surface area contributed by atoms with Gasteiger partial charge in [0.2, 0.25) is 11.8 Å². The molecular weight excluding hydrogens is 336 g/mol. The van der Waals surface area contributed by atoms with Gasteiger partial charge in [0.15, 0.2) is 0 Å². The van der Waals surface area contributed by atoms with Crippen molar-refractivity contribution in [2.75, 3.05) is 12.8 Å². The molecule has 2 N–H and O–H groups in total. The van der Waals surface area contributed by atoms with Crippen molar-refractivity contribution >= 4 is 34.6 Å². The average Bonchev–Trinajstić information content (AvgIpc) is 2.92. The van der Waals surface area contributed by atoms with E-state index in [9.17, 15) is 9.59 Å². The third kappa shape index (κ3) is 5.49. The standard InChI is InChI=1S/C18H26N4O2S/c1-4-13(2)20-17(23)9-10-19-18(24)11-22-15-8-6-5-7-14(15)21-16(22)12-25-3/h5-8,13H,4,9-12H2,1-3H3,(H,19,24)(H,20,23). The summed E-state index contributed by atoms with van der Waals surface area (Å²) in [4.78, 5) is 28.6. The molecule has 1 heterocycles. The van der Waals surface area contributed by atoms with Gasteiger partial charge in [0.25, 0.3) is 0 Å². The first-order valence-electron chi connectivity index (χ1n) is 8.54.